The van der Waals surface area contributed by atoms with E-state index in [1.807, 2.05) is 100 Å². The maximum atomic E-state index is 13.9. The molecule has 2 atom stereocenters. The van der Waals surface area contributed by atoms with Gasteiger partial charge >= 0.3 is 0 Å². The lowest BCUT2D eigenvalue weighted by Gasteiger charge is -2.33. The van der Waals surface area contributed by atoms with Crippen LogP contribution in [-0.4, -0.2) is 28.8 Å². The predicted molar refractivity (Wildman–Crippen MR) is 143 cm³/mol. The molecule has 35 heavy (non-hydrogen) atoms. The highest BCUT2D eigenvalue weighted by atomic mass is 35.5. The van der Waals surface area contributed by atoms with Crippen LogP contribution in [-0.2, 0) is 29.0 Å². The van der Waals surface area contributed by atoms with Crippen molar-refractivity contribution in [2.75, 3.05) is 0 Å². The number of halogens is 1. The number of benzene rings is 3. The number of hydrogen-bond donors (Lipinski definition) is 1. The van der Waals surface area contributed by atoms with E-state index in [-0.39, 0.29) is 30.8 Å². The van der Waals surface area contributed by atoms with Crippen molar-refractivity contribution in [3.8, 4) is 0 Å². The normalized spacial score (nSPS) is 12.6. The van der Waals surface area contributed by atoms with Gasteiger partial charge in [0.05, 0.1) is 6.42 Å². The van der Waals surface area contributed by atoms with Crippen molar-refractivity contribution in [2.24, 2.45) is 0 Å². The predicted octanol–water partition coefficient (Wildman–Crippen LogP) is 6.05. The first-order chi connectivity index (χ1) is 16.8. The summed E-state index contributed by atoms with van der Waals surface area (Å²) in [5.41, 5.74) is 4.95. The molecule has 0 radical (unpaired) electrons. The number of nitrogens with zero attached hydrogens (tertiary/aromatic N) is 1. The zero-order valence-corrected chi connectivity index (χ0v) is 21.8. The maximum Gasteiger partial charge on any atom is 0.243 e. The SMILES string of the molecule is CC[C@H](C)NC(=O)[C@H](Cc1ccccc1)N(Cc1ccccc1Cl)C(=O)Cc1cc(C)ccc1C. The quantitative estimate of drug-likeness (QED) is 0.376. The van der Waals surface area contributed by atoms with Crippen LogP contribution in [0.1, 0.15) is 48.1 Å². The summed E-state index contributed by atoms with van der Waals surface area (Å²) in [5.74, 6) is -0.247. The van der Waals surface area contributed by atoms with Gasteiger partial charge in [-0.25, -0.2) is 0 Å². The summed E-state index contributed by atoms with van der Waals surface area (Å²) in [6, 6.07) is 22.8. The fourth-order valence-electron chi connectivity index (χ4n) is 4.06. The van der Waals surface area contributed by atoms with Gasteiger partial charge in [-0.1, -0.05) is 90.8 Å². The largest absolute Gasteiger partial charge is 0.352 e. The van der Waals surface area contributed by atoms with Gasteiger partial charge in [-0.2, -0.15) is 0 Å². The van der Waals surface area contributed by atoms with Gasteiger partial charge in [-0.15, -0.1) is 0 Å². The van der Waals surface area contributed by atoms with Gasteiger partial charge in [-0.3, -0.25) is 9.59 Å². The van der Waals surface area contributed by atoms with Crippen LogP contribution < -0.4 is 5.32 Å². The van der Waals surface area contributed by atoms with E-state index in [9.17, 15) is 9.59 Å². The lowest BCUT2D eigenvalue weighted by molar-refractivity contribution is -0.141. The number of nitrogens with one attached hydrogen (secondary N) is 1. The molecule has 0 unspecified atom stereocenters. The molecule has 0 bridgehead atoms. The van der Waals surface area contributed by atoms with E-state index in [2.05, 4.69) is 5.32 Å². The van der Waals surface area contributed by atoms with E-state index in [1.54, 1.807) is 4.90 Å². The average Bonchev–Trinajstić information content (AvgIpc) is 2.85. The van der Waals surface area contributed by atoms with Gasteiger partial charge in [0, 0.05) is 24.0 Å². The van der Waals surface area contributed by atoms with Crippen LogP contribution in [0.25, 0.3) is 0 Å². The molecule has 0 spiro atoms. The third-order valence-electron chi connectivity index (χ3n) is 6.42. The number of carbonyl (C=O) groups is 2. The highest BCUT2D eigenvalue weighted by molar-refractivity contribution is 6.31. The minimum absolute atomic E-state index is 0.0112. The molecule has 3 rings (SSSR count). The molecule has 1 N–H and O–H groups in total. The van der Waals surface area contributed by atoms with E-state index in [1.165, 1.54) is 0 Å². The van der Waals surface area contributed by atoms with E-state index in [0.29, 0.717) is 11.4 Å². The summed E-state index contributed by atoms with van der Waals surface area (Å²) in [6.07, 6.45) is 1.46. The monoisotopic (exact) mass is 490 g/mol. The molecule has 4 nitrogen and oxygen atoms in total. The van der Waals surface area contributed by atoms with E-state index in [4.69, 9.17) is 11.6 Å². The maximum absolute atomic E-state index is 13.9. The van der Waals surface area contributed by atoms with Gasteiger partial charge in [0.2, 0.25) is 11.8 Å². The first-order valence-electron chi connectivity index (χ1n) is 12.2. The van der Waals surface area contributed by atoms with Crippen LogP contribution in [0.15, 0.2) is 72.8 Å². The Labute approximate surface area is 214 Å². The van der Waals surface area contributed by atoms with Gasteiger partial charge in [0.25, 0.3) is 0 Å². The molecule has 0 aliphatic rings. The molecule has 0 fully saturated rings. The number of carbonyl (C=O) groups excluding carboxylic acids is 2. The van der Waals surface area contributed by atoms with Crippen LogP contribution in [0.5, 0.6) is 0 Å². The minimum atomic E-state index is -0.666. The van der Waals surface area contributed by atoms with Crippen LogP contribution in [0.4, 0.5) is 0 Å². The van der Waals surface area contributed by atoms with Gasteiger partial charge in [-0.05, 0) is 55.5 Å². The third-order valence-corrected chi connectivity index (χ3v) is 6.79. The summed E-state index contributed by atoms with van der Waals surface area (Å²) < 4.78 is 0. The molecule has 3 aromatic rings. The standard InChI is InChI=1S/C30H35ClN2O2/c1-5-23(4)32-30(35)28(18-24-11-7-6-8-12-24)33(20-25-13-9-10-14-27(25)31)29(34)19-26-17-21(2)15-16-22(26)3/h6-17,23,28H,5,18-20H2,1-4H3,(H,32,35)/t23-,28-/m0/s1. The molecule has 2 amide bonds. The zero-order chi connectivity index (χ0) is 25.4. The minimum Gasteiger partial charge on any atom is -0.352 e. The Hall–Kier alpha value is -3.11. The molecule has 5 heteroatoms. The first-order valence-corrected chi connectivity index (χ1v) is 12.6. The third kappa shape index (κ3) is 7.43. The molecule has 0 aromatic heterocycles. The summed E-state index contributed by atoms with van der Waals surface area (Å²) in [7, 11) is 0. The molecule has 3 aromatic carbocycles. The average molecular weight is 491 g/mol. The highest BCUT2D eigenvalue weighted by Crippen LogP contribution is 2.22. The molecule has 0 saturated heterocycles. The topological polar surface area (TPSA) is 49.4 Å². The molecule has 0 aliphatic carbocycles. The molecular formula is C30H35ClN2O2. The smallest absolute Gasteiger partial charge is 0.243 e. The Bertz CT molecular complexity index is 1150. The summed E-state index contributed by atoms with van der Waals surface area (Å²) >= 11 is 6.49. The number of amides is 2. The molecule has 0 aliphatic heterocycles. The van der Waals surface area contributed by atoms with Gasteiger partial charge < -0.3 is 10.2 Å². The fraction of sp³-hybridized carbons (Fsp3) is 0.333. The van der Waals surface area contributed by atoms with E-state index >= 15 is 0 Å². The second-order valence-corrected chi connectivity index (χ2v) is 9.65. The second-order valence-electron chi connectivity index (χ2n) is 9.24. The number of aryl methyl sites for hydroxylation is 2. The van der Waals surface area contributed by atoms with Crippen LogP contribution in [0.3, 0.4) is 0 Å². The van der Waals surface area contributed by atoms with Gasteiger partial charge in [0.15, 0.2) is 0 Å². The summed E-state index contributed by atoms with van der Waals surface area (Å²) in [6.45, 7) is 8.30. The number of hydrogen-bond acceptors (Lipinski definition) is 2. The van der Waals surface area contributed by atoms with Crippen molar-refractivity contribution >= 4 is 23.4 Å². The Balaban J connectivity index is 2.01. The lowest BCUT2D eigenvalue weighted by Crippen LogP contribution is -2.52. The summed E-state index contributed by atoms with van der Waals surface area (Å²) in [5, 5.41) is 3.69. The lowest BCUT2D eigenvalue weighted by atomic mass is 9.99. The Morgan fingerprint density at radius 3 is 2.31 bits per heavy atom. The molecular weight excluding hydrogens is 456 g/mol. The number of rotatable bonds is 10. The van der Waals surface area contributed by atoms with Crippen molar-refractivity contribution in [1.29, 1.82) is 0 Å². The van der Waals surface area contributed by atoms with Crippen molar-refractivity contribution in [2.45, 2.75) is 65.6 Å². The second kappa shape index (κ2) is 12.6. The Morgan fingerprint density at radius 2 is 1.63 bits per heavy atom. The zero-order valence-electron chi connectivity index (χ0n) is 21.1. The fourth-order valence-corrected chi connectivity index (χ4v) is 4.26. The van der Waals surface area contributed by atoms with Gasteiger partial charge in [0.1, 0.15) is 6.04 Å². The Morgan fingerprint density at radius 1 is 0.943 bits per heavy atom. The van der Waals surface area contributed by atoms with Crippen LogP contribution >= 0.6 is 11.6 Å². The first kappa shape index (κ1) is 26.5. The van der Waals surface area contributed by atoms with Crippen LogP contribution in [0, 0.1) is 13.8 Å². The highest BCUT2D eigenvalue weighted by Gasteiger charge is 2.31. The van der Waals surface area contributed by atoms with E-state index in [0.717, 1.165) is 34.2 Å². The van der Waals surface area contributed by atoms with E-state index < -0.39 is 6.04 Å². The van der Waals surface area contributed by atoms with Crippen molar-refractivity contribution in [3.05, 3.63) is 106 Å². The van der Waals surface area contributed by atoms with Crippen molar-refractivity contribution in [3.63, 3.8) is 0 Å². The Kier molecular flexibility index (Phi) is 9.50. The molecule has 0 heterocycles. The summed E-state index contributed by atoms with van der Waals surface area (Å²) in [4.78, 5) is 29.2. The van der Waals surface area contributed by atoms with Crippen molar-refractivity contribution in [1.82, 2.24) is 10.2 Å². The molecule has 184 valence electrons. The van der Waals surface area contributed by atoms with Crippen LogP contribution in [0.2, 0.25) is 5.02 Å². The molecule has 0 saturated carbocycles. The van der Waals surface area contributed by atoms with Crippen molar-refractivity contribution < 1.29 is 9.59 Å².